The molecule has 0 unspecified atom stereocenters. The number of hydrogen-bond donors (Lipinski definition) is 2. The van der Waals surface area contributed by atoms with Gasteiger partial charge in [-0.15, -0.1) is 0 Å². The summed E-state index contributed by atoms with van der Waals surface area (Å²) < 4.78 is 0. The zero-order chi connectivity index (χ0) is 15.3. The monoisotopic (exact) mass is 281 g/mol. The third-order valence-electron chi connectivity index (χ3n) is 2.92. The largest absolute Gasteiger partial charge is 0.398 e. The minimum absolute atomic E-state index is 0.0269. The van der Waals surface area contributed by atoms with Crippen LogP contribution in [-0.2, 0) is 0 Å². The highest BCUT2D eigenvalue weighted by atomic mass is 16.6. The van der Waals surface area contributed by atoms with Gasteiger partial charge in [0.25, 0.3) is 11.6 Å². The van der Waals surface area contributed by atoms with Crippen LogP contribution in [0.5, 0.6) is 0 Å². The molecule has 3 N–H and O–H groups in total. The van der Waals surface area contributed by atoms with Crippen LogP contribution in [0.25, 0.3) is 0 Å². The van der Waals surface area contributed by atoms with Gasteiger partial charge in [-0.25, -0.2) is 0 Å². The molecular weight excluding hydrogens is 262 g/mol. The molecule has 1 rings (SSSR count). The smallest absolute Gasteiger partial charge is 0.270 e. The molecule has 1 aromatic carbocycles. The highest BCUT2D eigenvalue weighted by Crippen LogP contribution is 2.22. The van der Waals surface area contributed by atoms with Crippen molar-refractivity contribution in [2.24, 2.45) is 0 Å². The Morgan fingerprint density at radius 2 is 2.15 bits per heavy atom. The van der Waals surface area contributed by atoms with Crippen molar-refractivity contribution in [1.82, 2.24) is 4.90 Å². The Hall–Kier alpha value is -2.15. The number of nitro benzene ring substituents is 1. The maximum atomic E-state index is 12.4. The van der Waals surface area contributed by atoms with Crippen LogP contribution in [0, 0.1) is 10.1 Å². The molecule has 0 saturated heterocycles. The van der Waals surface area contributed by atoms with E-state index in [1.54, 1.807) is 0 Å². The molecule has 0 bridgehead atoms. The zero-order valence-electron chi connectivity index (χ0n) is 11.6. The number of nitrogens with two attached hydrogens (primary N) is 1. The van der Waals surface area contributed by atoms with E-state index in [9.17, 15) is 14.9 Å². The number of hydrogen-bond acceptors (Lipinski definition) is 5. The first-order valence-corrected chi connectivity index (χ1v) is 6.34. The Bertz CT molecular complexity index is 502. The van der Waals surface area contributed by atoms with Gasteiger partial charge in [0, 0.05) is 37.0 Å². The van der Waals surface area contributed by atoms with Crippen molar-refractivity contribution in [3.63, 3.8) is 0 Å². The fraction of sp³-hybridized carbons (Fsp3) is 0.462. The van der Waals surface area contributed by atoms with Gasteiger partial charge in [-0.2, -0.15) is 0 Å². The van der Waals surface area contributed by atoms with Crippen LogP contribution < -0.4 is 5.73 Å². The molecule has 0 aliphatic heterocycles. The van der Waals surface area contributed by atoms with Gasteiger partial charge in [0.15, 0.2) is 0 Å². The quantitative estimate of drug-likeness (QED) is 0.465. The van der Waals surface area contributed by atoms with Gasteiger partial charge in [0.05, 0.1) is 10.5 Å². The Kier molecular flexibility index (Phi) is 5.45. The number of nitrogens with zero attached hydrogens (tertiary/aromatic N) is 2. The molecule has 0 atom stereocenters. The van der Waals surface area contributed by atoms with E-state index in [0.717, 1.165) is 0 Å². The molecule has 110 valence electrons. The Morgan fingerprint density at radius 3 is 2.65 bits per heavy atom. The van der Waals surface area contributed by atoms with Crippen molar-refractivity contribution in [3.05, 3.63) is 33.9 Å². The van der Waals surface area contributed by atoms with Gasteiger partial charge in [-0.1, -0.05) is 0 Å². The topological polar surface area (TPSA) is 110 Å². The summed E-state index contributed by atoms with van der Waals surface area (Å²) in [5.41, 5.74) is 5.89. The zero-order valence-corrected chi connectivity index (χ0v) is 11.6. The van der Waals surface area contributed by atoms with Crippen molar-refractivity contribution in [3.8, 4) is 0 Å². The first-order valence-electron chi connectivity index (χ1n) is 6.34. The first kappa shape index (κ1) is 15.9. The summed E-state index contributed by atoms with van der Waals surface area (Å²) in [5.74, 6) is -0.366. The maximum absolute atomic E-state index is 12.4. The molecule has 0 fully saturated rings. The molecule has 1 aromatic rings. The number of nitro groups is 1. The van der Waals surface area contributed by atoms with Gasteiger partial charge in [-0.05, 0) is 26.3 Å². The van der Waals surface area contributed by atoms with Crippen molar-refractivity contribution in [2.75, 3.05) is 18.9 Å². The van der Waals surface area contributed by atoms with Gasteiger partial charge >= 0.3 is 0 Å². The number of anilines is 1. The molecule has 0 aliphatic rings. The minimum atomic E-state index is -0.566. The molecule has 0 aromatic heterocycles. The number of aliphatic hydroxyl groups is 1. The SMILES string of the molecule is CC(C)N(CCCO)C(=O)c1cc([N+](=O)[O-])ccc1N. The molecule has 0 saturated carbocycles. The number of rotatable bonds is 6. The normalized spacial score (nSPS) is 10.6. The van der Waals surface area contributed by atoms with Crippen LogP contribution in [0.4, 0.5) is 11.4 Å². The number of carbonyl (C=O) groups is 1. The predicted molar refractivity (Wildman–Crippen MR) is 75.4 cm³/mol. The Balaban J connectivity index is 3.10. The highest BCUT2D eigenvalue weighted by Gasteiger charge is 2.22. The van der Waals surface area contributed by atoms with Crippen LogP contribution in [0.15, 0.2) is 18.2 Å². The predicted octanol–water partition coefficient (Wildman–Crippen LogP) is 1.41. The van der Waals surface area contributed by atoms with Crippen LogP contribution in [-0.4, -0.2) is 40.0 Å². The summed E-state index contributed by atoms with van der Waals surface area (Å²) in [6.45, 7) is 4.02. The molecule has 0 heterocycles. The Labute approximate surface area is 117 Å². The average molecular weight is 281 g/mol. The van der Waals surface area contributed by atoms with Crippen LogP contribution in [0.1, 0.15) is 30.6 Å². The highest BCUT2D eigenvalue weighted by molar-refractivity contribution is 6.00. The number of nitrogen functional groups attached to an aromatic ring is 1. The molecular formula is C13H19N3O4. The molecule has 0 radical (unpaired) electrons. The van der Waals surface area contributed by atoms with E-state index in [0.29, 0.717) is 13.0 Å². The molecule has 1 amide bonds. The second-order valence-electron chi connectivity index (χ2n) is 4.70. The van der Waals surface area contributed by atoms with E-state index < -0.39 is 4.92 Å². The number of benzene rings is 1. The molecule has 0 aliphatic carbocycles. The number of non-ortho nitro benzene ring substituents is 1. The third kappa shape index (κ3) is 3.67. The third-order valence-corrected chi connectivity index (χ3v) is 2.92. The van der Waals surface area contributed by atoms with E-state index in [2.05, 4.69) is 0 Å². The maximum Gasteiger partial charge on any atom is 0.270 e. The standard InChI is InChI=1S/C13H19N3O4/c1-9(2)15(6-3-7-17)13(18)11-8-10(16(19)20)4-5-12(11)14/h4-5,8-9,17H,3,6-7,14H2,1-2H3. The Morgan fingerprint density at radius 1 is 1.50 bits per heavy atom. The minimum Gasteiger partial charge on any atom is -0.398 e. The van der Waals surface area contributed by atoms with Crippen molar-refractivity contribution in [2.45, 2.75) is 26.3 Å². The summed E-state index contributed by atoms with van der Waals surface area (Å²) in [7, 11) is 0. The second kappa shape index (κ2) is 6.85. The molecule has 7 nitrogen and oxygen atoms in total. The van der Waals surface area contributed by atoms with Gasteiger partial charge in [-0.3, -0.25) is 14.9 Å². The summed E-state index contributed by atoms with van der Waals surface area (Å²) in [6.07, 6.45) is 0.443. The molecule has 7 heteroatoms. The van der Waals surface area contributed by atoms with Crippen LogP contribution >= 0.6 is 0 Å². The summed E-state index contributed by atoms with van der Waals surface area (Å²) in [4.78, 5) is 24.2. The van der Waals surface area contributed by atoms with E-state index in [1.807, 2.05) is 13.8 Å². The summed E-state index contributed by atoms with van der Waals surface area (Å²) >= 11 is 0. The summed E-state index contributed by atoms with van der Waals surface area (Å²) in [6, 6.07) is 3.72. The van der Waals surface area contributed by atoms with Crippen molar-refractivity contribution in [1.29, 1.82) is 0 Å². The van der Waals surface area contributed by atoms with Crippen molar-refractivity contribution < 1.29 is 14.8 Å². The number of aliphatic hydroxyl groups excluding tert-OH is 1. The lowest BCUT2D eigenvalue weighted by molar-refractivity contribution is -0.384. The fourth-order valence-corrected chi connectivity index (χ4v) is 1.83. The van der Waals surface area contributed by atoms with Crippen LogP contribution in [0.2, 0.25) is 0 Å². The van der Waals surface area contributed by atoms with Gasteiger partial charge in [0.2, 0.25) is 0 Å². The second-order valence-corrected chi connectivity index (χ2v) is 4.70. The van der Waals surface area contributed by atoms with Gasteiger partial charge in [0.1, 0.15) is 0 Å². The van der Waals surface area contributed by atoms with Crippen molar-refractivity contribution >= 4 is 17.3 Å². The molecule has 20 heavy (non-hydrogen) atoms. The molecule has 0 spiro atoms. The van der Waals surface area contributed by atoms with Crippen LogP contribution in [0.3, 0.4) is 0 Å². The van der Waals surface area contributed by atoms with Gasteiger partial charge < -0.3 is 15.7 Å². The lowest BCUT2D eigenvalue weighted by Crippen LogP contribution is -2.38. The van der Waals surface area contributed by atoms with E-state index >= 15 is 0 Å². The van der Waals surface area contributed by atoms with E-state index in [-0.39, 0.29) is 35.5 Å². The lowest BCUT2D eigenvalue weighted by Gasteiger charge is -2.27. The lowest BCUT2D eigenvalue weighted by atomic mass is 10.1. The average Bonchev–Trinajstić information content (AvgIpc) is 2.38. The van der Waals surface area contributed by atoms with E-state index in [4.69, 9.17) is 10.8 Å². The summed E-state index contributed by atoms with van der Waals surface area (Å²) in [5, 5.41) is 19.6. The number of carbonyl (C=O) groups excluding carboxylic acids is 1. The first-order chi connectivity index (χ1) is 9.38. The van der Waals surface area contributed by atoms with E-state index in [1.165, 1.54) is 23.1 Å². The number of amides is 1. The fourth-order valence-electron chi connectivity index (χ4n) is 1.83.